The zero-order chi connectivity index (χ0) is 18.6. The number of carbonyl (C=O) groups excluding carboxylic acids is 1. The highest BCUT2D eigenvalue weighted by molar-refractivity contribution is 7.71. The molecule has 9 heteroatoms. The number of hydrogen-bond donors (Lipinski definition) is 1. The van der Waals surface area contributed by atoms with Crippen molar-refractivity contribution in [1.82, 2.24) is 14.3 Å². The molecule has 6 nitrogen and oxygen atoms in total. The van der Waals surface area contributed by atoms with E-state index >= 15 is 0 Å². The van der Waals surface area contributed by atoms with E-state index in [1.807, 2.05) is 19.2 Å². The van der Waals surface area contributed by atoms with Crippen molar-refractivity contribution in [2.45, 2.75) is 26.6 Å². The molecule has 0 fully saturated rings. The topological polar surface area (TPSA) is 53.5 Å². The molecule has 1 heterocycles. The van der Waals surface area contributed by atoms with Gasteiger partial charge in [0, 0.05) is 12.6 Å². The van der Waals surface area contributed by atoms with Crippen LogP contribution in [0.15, 0.2) is 18.2 Å². The predicted molar refractivity (Wildman–Crippen MR) is 99.4 cm³/mol. The van der Waals surface area contributed by atoms with Crippen molar-refractivity contribution in [2.24, 2.45) is 7.05 Å². The van der Waals surface area contributed by atoms with Crippen molar-refractivity contribution in [3.8, 4) is 0 Å². The molecule has 0 radical (unpaired) electrons. The summed E-state index contributed by atoms with van der Waals surface area (Å²) in [6.07, 6.45) is 0.104. The SMILES string of the molecule is CCOC(=O)Cc1nn(C[NH+](C)Cc2ccc(Cl)c(Cl)c2)c(=S)n1C. The highest BCUT2D eigenvalue weighted by Crippen LogP contribution is 2.22. The van der Waals surface area contributed by atoms with Gasteiger partial charge in [-0.2, -0.15) is 9.78 Å². The minimum atomic E-state index is -0.311. The molecule has 25 heavy (non-hydrogen) atoms. The number of esters is 1. The van der Waals surface area contributed by atoms with Crippen LogP contribution < -0.4 is 4.90 Å². The third-order valence-electron chi connectivity index (χ3n) is 3.65. The highest BCUT2D eigenvalue weighted by Gasteiger charge is 2.15. The molecule has 0 saturated heterocycles. The van der Waals surface area contributed by atoms with Gasteiger partial charge in [0.25, 0.3) is 0 Å². The fourth-order valence-electron chi connectivity index (χ4n) is 2.44. The Labute approximate surface area is 161 Å². The van der Waals surface area contributed by atoms with Crippen LogP contribution in [-0.4, -0.2) is 34.0 Å². The van der Waals surface area contributed by atoms with Gasteiger partial charge in [-0.05, 0) is 31.3 Å². The molecular formula is C16H21Cl2N4O2S+. The molecule has 1 aromatic carbocycles. The number of nitrogens with zero attached hydrogens (tertiary/aromatic N) is 3. The highest BCUT2D eigenvalue weighted by atomic mass is 35.5. The molecule has 0 bridgehead atoms. The number of halogens is 2. The zero-order valence-corrected chi connectivity index (χ0v) is 16.7. The molecule has 1 N–H and O–H groups in total. The minimum absolute atomic E-state index is 0.104. The van der Waals surface area contributed by atoms with Gasteiger partial charge in [0.2, 0.25) is 4.77 Å². The maximum absolute atomic E-state index is 11.7. The van der Waals surface area contributed by atoms with Gasteiger partial charge in [0.15, 0.2) is 6.67 Å². The minimum Gasteiger partial charge on any atom is -0.466 e. The van der Waals surface area contributed by atoms with Gasteiger partial charge in [-0.25, -0.2) is 0 Å². The normalized spacial score (nSPS) is 12.2. The lowest BCUT2D eigenvalue weighted by atomic mass is 10.2. The smallest absolute Gasteiger partial charge is 0.313 e. The molecule has 2 aromatic rings. The molecule has 1 aromatic heterocycles. The van der Waals surface area contributed by atoms with Gasteiger partial charge in [0.05, 0.1) is 23.7 Å². The van der Waals surface area contributed by atoms with Crippen molar-refractivity contribution in [2.75, 3.05) is 13.7 Å². The fraction of sp³-hybridized carbons (Fsp3) is 0.438. The van der Waals surface area contributed by atoms with Crippen LogP contribution in [0.25, 0.3) is 0 Å². The lowest BCUT2D eigenvalue weighted by Crippen LogP contribution is -3.07. The van der Waals surface area contributed by atoms with Crippen LogP contribution in [-0.2, 0) is 36.2 Å². The molecular weight excluding hydrogens is 383 g/mol. The van der Waals surface area contributed by atoms with Gasteiger partial charge in [-0.3, -0.25) is 4.79 Å². The Bertz CT molecular complexity index is 819. The maximum atomic E-state index is 11.7. The molecule has 0 spiro atoms. The number of rotatable bonds is 7. The summed E-state index contributed by atoms with van der Waals surface area (Å²) in [5.41, 5.74) is 1.07. The van der Waals surface area contributed by atoms with Gasteiger partial charge >= 0.3 is 5.97 Å². The Morgan fingerprint density at radius 1 is 1.36 bits per heavy atom. The van der Waals surface area contributed by atoms with E-state index in [4.69, 9.17) is 40.2 Å². The van der Waals surface area contributed by atoms with Crippen LogP contribution in [0.1, 0.15) is 18.3 Å². The number of aromatic nitrogens is 3. The number of nitrogens with one attached hydrogen (secondary N) is 1. The van der Waals surface area contributed by atoms with E-state index in [1.165, 1.54) is 0 Å². The molecule has 0 aliphatic heterocycles. The number of ether oxygens (including phenoxy) is 1. The summed E-state index contributed by atoms with van der Waals surface area (Å²) in [5.74, 6) is 0.278. The number of carbonyl (C=O) groups is 1. The van der Waals surface area contributed by atoms with Crippen molar-refractivity contribution in [3.05, 3.63) is 44.4 Å². The first kappa shape index (κ1) is 19.9. The Balaban J connectivity index is 2.07. The maximum Gasteiger partial charge on any atom is 0.313 e. The number of hydrogen-bond acceptors (Lipinski definition) is 4. The lowest BCUT2D eigenvalue weighted by molar-refractivity contribution is -0.917. The van der Waals surface area contributed by atoms with Crippen molar-refractivity contribution >= 4 is 41.4 Å². The van der Waals surface area contributed by atoms with E-state index in [0.717, 1.165) is 17.0 Å². The third kappa shape index (κ3) is 5.28. The second-order valence-corrected chi connectivity index (χ2v) is 6.96. The van der Waals surface area contributed by atoms with Crippen LogP contribution in [0, 0.1) is 4.77 Å². The first-order chi connectivity index (χ1) is 11.8. The Hall–Kier alpha value is -1.41. The van der Waals surface area contributed by atoms with Gasteiger partial charge < -0.3 is 14.2 Å². The summed E-state index contributed by atoms with van der Waals surface area (Å²) in [7, 11) is 3.83. The third-order valence-corrected chi connectivity index (χ3v) is 4.87. The van der Waals surface area contributed by atoms with Gasteiger partial charge in [0.1, 0.15) is 18.8 Å². The quantitative estimate of drug-likeness (QED) is 0.567. The Kier molecular flexibility index (Phi) is 7.01. The molecule has 0 aliphatic carbocycles. The standard InChI is InChI=1S/C16H20Cl2N4O2S/c1-4-24-15(23)8-14-19-22(16(25)21(14)3)10-20(2)9-11-5-6-12(17)13(18)7-11/h5-7H,4,8-10H2,1-3H3/p+1. The van der Waals surface area contributed by atoms with Gasteiger partial charge in [-0.15, -0.1) is 0 Å². The second kappa shape index (κ2) is 8.80. The molecule has 0 aliphatic rings. The molecule has 1 unspecified atom stereocenters. The number of benzene rings is 1. The van der Waals surface area contributed by atoms with E-state index in [9.17, 15) is 4.79 Å². The van der Waals surface area contributed by atoms with Crippen molar-refractivity contribution in [1.29, 1.82) is 0 Å². The molecule has 136 valence electrons. The molecule has 0 amide bonds. The van der Waals surface area contributed by atoms with Crippen LogP contribution in [0.3, 0.4) is 0 Å². The lowest BCUT2D eigenvalue weighted by Gasteiger charge is -2.14. The average molecular weight is 404 g/mol. The Morgan fingerprint density at radius 2 is 2.08 bits per heavy atom. The average Bonchev–Trinajstić information content (AvgIpc) is 2.79. The van der Waals surface area contributed by atoms with E-state index in [0.29, 0.717) is 33.9 Å². The molecule has 0 saturated carbocycles. The van der Waals surface area contributed by atoms with Crippen LogP contribution in [0.2, 0.25) is 10.0 Å². The summed E-state index contributed by atoms with van der Waals surface area (Å²) >= 11 is 17.4. The summed E-state index contributed by atoms with van der Waals surface area (Å²) in [6.45, 7) is 3.43. The predicted octanol–water partition coefficient (Wildman–Crippen LogP) is 2.04. The summed E-state index contributed by atoms with van der Waals surface area (Å²) < 4.78 is 8.98. The summed E-state index contributed by atoms with van der Waals surface area (Å²) in [5, 5.41) is 5.53. The van der Waals surface area contributed by atoms with Crippen LogP contribution in [0.5, 0.6) is 0 Å². The second-order valence-electron chi connectivity index (χ2n) is 5.78. The number of quaternary nitrogens is 1. The first-order valence-electron chi connectivity index (χ1n) is 7.85. The fourth-order valence-corrected chi connectivity index (χ4v) is 2.97. The molecule has 1 atom stereocenters. The van der Waals surface area contributed by atoms with E-state index in [1.54, 1.807) is 29.3 Å². The van der Waals surface area contributed by atoms with Crippen molar-refractivity contribution < 1.29 is 14.4 Å². The first-order valence-corrected chi connectivity index (χ1v) is 9.01. The van der Waals surface area contributed by atoms with E-state index in [2.05, 4.69) is 5.10 Å². The van der Waals surface area contributed by atoms with E-state index < -0.39 is 0 Å². The van der Waals surface area contributed by atoms with Crippen molar-refractivity contribution in [3.63, 3.8) is 0 Å². The summed E-state index contributed by atoms with van der Waals surface area (Å²) in [6, 6.07) is 5.59. The largest absolute Gasteiger partial charge is 0.466 e. The van der Waals surface area contributed by atoms with Crippen LogP contribution >= 0.6 is 35.4 Å². The summed E-state index contributed by atoms with van der Waals surface area (Å²) in [4.78, 5) is 12.8. The monoisotopic (exact) mass is 403 g/mol. The van der Waals surface area contributed by atoms with Crippen LogP contribution in [0.4, 0.5) is 0 Å². The molecule has 2 rings (SSSR count). The zero-order valence-electron chi connectivity index (χ0n) is 14.4. The van der Waals surface area contributed by atoms with E-state index in [-0.39, 0.29) is 12.4 Å². The Morgan fingerprint density at radius 3 is 2.72 bits per heavy atom. The van der Waals surface area contributed by atoms with Gasteiger partial charge in [-0.1, -0.05) is 29.3 Å².